The van der Waals surface area contributed by atoms with E-state index in [1.54, 1.807) is 35.1 Å². The molecular formula is C19H16N6O4S. The van der Waals surface area contributed by atoms with Crippen molar-refractivity contribution in [2.24, 2.45) is 0 Å². The highest BCUT2D eigenvalue weighted by atomic mass is 32.1. The van der Waals surface area contributed by atoms with Gasteiger partial charge in [-0.05, 0) is 26.0 Å². The fourth-order valence-electron chi connectivity index (χ4n) is 3.13. The monoisotopic (exact) mass is 424 g/mol. The van der Waals surface area contributed by atoms with E-state index in [1.807, 2.05) is 5.38 Å². The molecule has 1 amide bonds. The minimum atomic E-state index is -0.456. The van der Waals surface area contributed by atoms with Crippen LogP contribution in [0.3, 0.4) is 0 Å². The van der Waals surface area contributed by atoms with Crippen LogP contribution < -0.4 is 10.7 Å². The Morgan fingerprint density at radius 1 is 1.20 bits per heavy atom. The van der Waals surface area contributed by atoms with Crippen molar-refractivity contribution in [1.82, 2.24) is 19.2 Å². The van der Waals surface area contributed by atoms with Crippen LogP contribution >= 0.6 is 11.3 Å². The van der Waals surface area contributed by atoms with Gasteiger partial charge in [-0.1, -0.05) is 0 Å². The number of hydrogen-bond donors (Lipinski definition) is 1. The predicted molar refractivity (Wildman–Crippen MR) is 112 cm³/mol. The van der Waals surface area contributed by atoms with Crippen molar-refractivity contribution in [2.45, 2.75) is 20.4 Å². The normalized spacial score (nSPS) is 11.0. The maximum Gasteiger partial charge on any atom is 0.269 e. The Labute approximate surface area is 173 Å². The summed E-state index contributed by atoms with van der Waals surface area (Å²) in [6.07, 6.45) is 0. The zero-order chi connectivity index (χ0) is 21.4. The number of carbonyl (C=O) groups is 1. The first kappa shape index (κ1) is 19.5. The minimum absolute atomic E-state index is 0.00450. The molecule has 10 nitrogen and oxygen atoms in total. The third-order valence-corrected chi connectivity index (χ3v) is 5.38. The lowest BCUT2D eigenvalue weighted by Crippen LogP contribution is -2.23. The summed E-state index contributed by atoms with van der Waals surface area (Å²) in [5.41, 5.74) is 2.74. The van der Waals surface area contributed by atoms with Crippen molar-refractivity contribution in [3.63, 3.8) is 0 Å². The number of benzene rings is 1. The van der Waals surface area contributed by atoms with Crippen molar-refractivity contribution in [3.05, 3.63) is 73.5 Å². The first-order chi connectivity index (χ1) is 14.3. The molecule has 0 fully saturated rings. The molecule has 1 aromatic carbocycles. The quantitative estimate of drug-likeness (QED) is 0.388. The summed E-state index contributed by atoms with van der Waals surface area (Å²) < 4.78 is 3.31. The molecular weight excluding hydrogens is 408 g/mol. The molecule has 0 aliphatic heterocycles. The lowest BCUT2D eigenvalue weighted by molar-refractivity contribution is -0.384. The third-order valence-electron chi connectivity index (χ3n) is 4.56. The fraction of sp³-hybridized carbons (Fsp3) is 0.158. The van der Waals surface area contributed by atoms with Crippen molar-refractivity contribution in [2.75, 3.05) is 5.32 Å². The molecule has 4 aromatic rings. The summed E-state index contributed by atoms with van der Waals surface area (Å²) in [5, 5.41) is 19.7. The smallest absolute Gasteiger partial charge is 0.269 e. The average molecular weight is 424 g/mol. The van der Waals surface area contributed by atoms with Crippen molar-refractivity contribution >= 4 is 33.8 Å². The van der Waals surface area contributed by atoms with E-state index in [0.29, 0.717) is 22.0 Å². The zero-order valence-corrected chi connectivity index (χ0v) is 16.8. The topological polar surface area (TPSA) is 124 Å². The van der Waals surface area contributed by atoms with Gasteiger partial charge in [0.1, 0.15) is 6.54 Å². The maximum absolute atomic E-state index is 12.5. The number of nitro groups is 1. The van der Waals surface area contributed by atoms with Gasteiger partial charge in [0.25, 0.3) is 11.6 Å². The Kier molecular flexibility index (Phi) is 4.88. The van der Waals surface area contributed by atoms with Gasteiger partial charge < -0.3 is 4.57 Å². The number of hydrogen-bond acceptors (Lipinski definition) is 7. The molecule has 4 rings (SSSR count). The van der Waals surface area contributed by atoms with E-state index < -0.39 is 4.92 Å². The first-order valence-electron chi connectivity index (χ1n) is 8.89. The molecule has 152 valence electrons. The molecule has 0 aliphatic rings. The van der Waals surface area contributed by atoms with Crippen molar-refractivity contribution < 1.29 is 9.72 Å². The number of aromatic nitrogens is 4. The van der Waals surface area contributed by atoms with Crippen LogP contribution in [0.25, 0.3) is 16.2 Å². The minimum Gasteiger partial charge on any atom is -0.340 e. The van der Waals surface area contributed by atoms with Gasteiger partial charge in [-0.2, -0.15) is 4.98 Å². The number of aryl methyl sites for hydroxylation is 2. The van der Waals surface area contributed by atoms with E-state index in [4.69, 9.17) is 0 Å². The van der Waals surface area contributed by atoms with Crippen LogP contribution in [0.4, 0.5) is 11.6 Å². The predicted octanol–water partition coefficient (Wildman–Crippen LogP) is 2.78. The van der Waals surface area contributed by atoms with Gasteiger partial charge in [0.15, 0.2) is 5.43 Å². The summed E-state index contributed by atoms with van der Waals surface area (Å²) in [7, 11) is 0. The Morgan fingerprint density at radius 2 is 1.87 bits per heavy atom. The molecule has 3 heterocycles. The van der Waals surface area contributed by atoms with E-state index in [-0.39, 0.29) is 29.5 Å². The van der Waals surface area contributed by atoms with Gasteiger partial charge in [-0.3, -0.25) is 25.0 Å². The van der Waals surface area contributed by atoms with Gasteiger partial charge in [-0.25, -0.2) is 4.52 Å². The Hall–Kier alpha value is -3.86. The number of nitrogens with one attached hydrogen (secondary N) is 1. The largest absolute Gasteiger partial charge is 0.340 e. The maximum atomic E-state index is 12.5. The highest BCUT2D eigenvalue weighted by Gasteiger charge is 2.15. The summed E-state index contributed by atoms with van der Waals surface area (Å²) in [6.45, 7) is 3.56. The molecule has 0 aliphatic carbocycles. The molecule has 0 saturated carbocycles. The molecule has 30 heavy (non-hydrogen) atoms. The lowest BCUT2D eigenvalue weighted by atomic mass is 10.1. The SMILES string of the molecule is Cc1cc(=O)cc(C)n1CC(=O)Nc1nc2scc(-c3ccc([N+](=O)[O-])cc3)n2n1. The number of thiazole rings is 1. The molecule has 0 bridgehead atoms. The van der Waals surface area contributed by atoms with Crippen LogP contribution in [0.5, 0.6) is 0 Å². The number of nitro benzene ring substituents is 1. The fourth-order valence-corrected chi connectivity index (χ4v) is 3.96. The van der Waals surface area contributed by atoms with Gasteiger partial charge in [-0.15, -0.1) is 16.4 Å². The molecule has 11 heteroatoms. The Morgan fingerprint density at radius 3 is 2.50 bits per heavy atom. The number of pyridine rings is 1. The van der Waals surface area contributed by atoms with Gasteiger partial charge in [0, 0.05) is 46.6 Å². The summed E-state index contributed by atoms with van der Waals surface area (Å²) in [4.78, 5) is 39.3. The van der Waals surface area contributed by atoms with Crippen LogP contribution in [0, 0.1) is 24.0 Å². The third kappa shape index (κ3) is 3.70. The molecule has 0 unspecified atom stereocenters. The molecule has 0 spiro atoms. The average Bonchev–Trinajstić information content (AvgIpc) is 3.24. The number of rotatable bonds is 5. The molecule has 1 N–H and O–H groups in total. The van der Waals surface area contributed by atoms with Crippen LogP contribution in [0.1, 0.15) is 11.4 Å². The zero-order valence-electron chi connectivity index (χ0n) is 16.0. The summed E-state index contributed by atoms with van der Waals surface area (Å²) in [5.74, 6) is -0.161. The lowest BCUT2D eigenvalue weighted by Gasteiger charge is -2.13. The van der Waals surface area contributed by atoms with Gasteiger partial charge >= 0.3 is 0 Å². The second-order valence-corrected chi connectivity index (χ2v) is 7.50. The highest BCUT2D eigenvalue weighted by Crippen LogP contribution is 2.27. The number of nitrogens with zero attached hydrogens (tertiary/aromatic N) is 5. The van der Waals surface area contributed by atoms with Crippen LogP contribution in [-0.4, -0.2) is 30.0 Å². The van der Waals surface area contributed by atoms with E-state index >= 15 is 0 Å². The number of non-ortho nitro benzene ring substituents is 1. The van der Waals surface area contributed by atoms with Crippen LogP contribution in [-0.2, 0) is 11.3 Å². The first-order valence-corrected chi connectivity index (χ1v) is 9.77. The second kappa shape index (κ2) is 7.52. The number of fused-ring (bicyclic) bond motifs is 1. The van der Waals surface area contributed by atoms with E-state index in [9.17, 15) is 19.7 Å². The summed E-state index contributed by atoms with van der Waals surface area (Å²) in [6, 6.07) is 9.08. The summed E-state index contributed by atoms with van der Waals surface area (Å²) >= 11 is 1.34. The highest BCUT2D eigenvalue weighted by molar-refractivity contribution is 7.15. The Balaban J connectivity index is 1.56. The van der Waals surface area contributed by atoms with Gasteiger partial charge in [0.2, 0.25) is 10.9 Å². The number of carbonyl (C=O) groups excluding carboxylic acids is 1. The molecule has 0 radical (unpaired) electrons. The number of amides is 1. The van der Waals surface area contributed by atoms with Crippen molar-refractivity contribution in [3.8, 4) is 11.3 Å². The van der Waals surface area contributed by atoms with E-state index in [1.165, 1.54) is 35.6 Å². The standard InChI is InChI=1S/C19H16N6O4S/c1-11-7-15(26)8-12(2)23(11)9-17(27)20-18-21-19-24(22-18)16(10-30-19)13-3-5-14(6-4-13)25(28)29/h3-8,10H,9H2,1-2H3,(H,20,22,27). The Bertz CT molecular complexity index is 1310. The second-order valence-electron chi connectivity index (χ2n) is 6.66. The molecule has 0 atom stereocenters. The van der Waals surface area contributed by atoms with Crippen LogP contribution in [0.15, 0.2) is 46.6 Å². The molecule has 0 saturated heterocycles. The molecule has 3 aromatic heterocycles. The van der Waals surface area contributed by atoms with Crippen LogP contribution in [0.2, 0.25) is 0 Å². The van der Waals surface area contributed by atoms with Crippen molar-refractivity contribution in [1.29, 1.82) is 0 Å². The van der Waals surface area contributed by atoms with Gasteiger partial charge in [0.05, 0.1) is 10.6 Å². The van der Waals surface area contributed by atoms with E-state index in [2.05, 4.69) is 15.4 Å². The van der Waals surface area contributed by atoms with E-state index in [0.717, 1.165) is 5.56 Å². The number of anilines is 1.